The molecule has 288 valence electrons. The van der Waals surface area contributed by atoms with Gasteiger partial charge in [-0.05, 0) is 71.2 Å². The second-order valence-corrected chi connectivity index (χ2v) is 15.2. The van der Waals surface area contributed by atoms with Crippen LogP contribution in [-0.4, -0.2) is 65.3 Å². The van der Waals surface area contributed by atoms with Crippen LogP contribution in [0.2, 0.25) is 5.02 Å². The second-order valence-electron chi connectivity index (χ2n) is 14.8. The van der Waals surface area contributed by atoms with Crippen LogP contribution in [0.1, 0.15) is 63.8 Å². The van der Waals surface area contributed by atoms with Crippen molar-refractivity contribution in [2.45, 2.75) is 69.9 Å². The first kappa shape index (κ1) is 37.7. The smallest absolute Gasteiger partial charge is 0.411 e. The summed E-state index contributed by atoms with van der Waals surface area (Å²) in [5, 5.41) is 17.7. The lowest BCUT2D eigenvalue weighted by Crippen LogP contribution is -2.49. The summed E-state index contributed by atoms with van der Waals surface area (Å²) in [7, 11) is 0. The first-order valence-corrected chi connectivity index (χ1v) is 17.5. The SMILES string of the molecule is CC(C)(C)C[C@]1(c2ccc(-c3ccn4ccnc4c3)cc2)NC(=N)N([C@H](COC(=O)NC2(C(F)(F)F)CC2)c2ccc(Cl)c(-c3ncnn3C(F)F)c2)C1=O. The number of hydrogen-bond donors (Lipinski definition) is 3. The molecule has 1 aliphatic carbocycles. The third-order valence-corrected chi connectivity index (χ3v) is 10.1. The number of benzene rings is 2. The van der Waals surface area contributed by atoms with Gasteiger partial charge in [-0.2, -0.15) is 31.7 Å². The number of imidazole rings is 1. The lowest BCUT2D eigenvalue weighted by Gasteiger charge is -2.35. The minimum atomic E-state index is -4.72. The largest absolute Gasteiger partial charge is 0.447 e. The minimum Gasteiger partial charge on any atom is -0.447 e. The number of carbonyl (C=O) groups excluding carboxylic acids is 2. The lowest BCUT2D eigenvalue weighted by molar-refractivity contribution is -0.164. The fourth-order valence-corrected chi connectivity index (χ4v) is 7.19. The Balaban J connectivity index is 1.27. The van der Waals surface area contributed by atoms with E-state index in [-0.39, 0.29) is 41.2 Å². The zero-order valence-electron chi connectivity index (χ0n) is 29.7. The first-order chi connectivity index (χ1) is 25.9. The van der Waals surface area contributed by atoms with Crippen LogP contribution in [0.4, 0.5) is 26.7 Å². The van der Waals surface area contributed by atoms with Crippen LogP contribution < -0.4 is 10.6 Å². The van der Waals surface area contributed by atoms with Crippen molar-refractivity contribution in [1.82, 2.24) is 39.7 Å². The molecule has 2 atom stereocenters. The van der Waals surface area contributed by atoms with Crippen molar-refractivity contribution < 1.29 is 36.3 Å². The number of hydrogen-bond acceptors (Lipinski definition) is 7. The number of carbonyl (C=O) groups is 2. The predicted octanol–water partition coefficient (Wildman–Crippen LogP) is 7.87. The Bertz CT molecular complexity index is 2280. The Labute approximate surface area is 316 Å². The van der Waals surface area contributed by atoms with Gasteiger partial charge in [0.05, 0.1) is 11.1 Å². The maximum absolute atomic E-state index is 15.0. The van der Waals surface area contributed by atoms with Crippen molar-refractivity contribution in [3.05, 3.63) is 95.7 Å². The van der Waals surface area contributed by atoms with E-state index < -0.39 is 59.8 Å². The average Bonchev–Trinajstić information content (AvgIpc) is 3.42. The summed E-state index contributed by atoms with van der Waals surface area (Å²) >= 11 is 6.45. The van der Waals surface area contributed by atoms with Gasteiger partial charge >= 0.3 is 18.8 Å². The topological polar surface area (TPSA) is 143 Å². The van der Waals surface area contributed by atoms with Gasteiger partial charge < -0.3 is 19.8 Å². The van der Waals surface area contributed by atoms with Gasteiger partial charge in [-0.1, -0.05) is 62.7 Å². The van der Waals surface area contributed by atoms with E-state index >= 15 is 0 Å². The van der Waals surface area contributed by atoms with Gasteiger partial charge in [0.1, 0.15) is 29.7 Å². The molecule has 7 rings (SSSR count). The van der Waals surface area contributed by atoms with Gasteiger partial charge in [0.2, 0.25) is 0 Å². The monoisotopic (exact) mass is 783 g/mol. The Hall–Kier alpha value is -5.58. The highest BCUT2D eigenvalue weighted by molar-refractivity contribution is 6.33. The quantitative estimate of drug-likeness (QED) is 0.122. The second kappa shape index (κ2) is 13.6. The molecule has 4 heterocycles. The fraction of sp³-hybridized carbons (Fsp3) is 0.351. The van der Waals surface area contributed by atoms with Gasteiger partial charge in [0.15, 0.2) is 11.8 Å². The summed E-state index contributed by atoms with van der Waals surface area (Å²) in [6, 6.07) is 13.9. The van der Waals surface area contributed by atoms with Crippen LogP contribution in [-0.2, 0) is 15.1 Å². The van der Waals surface area contributed by atoms with Crippen molar-refractivity contribution in [1.29, 1.82) is 5.41 Å². The molecule has 1 aliphatic heterocycles. The summed E-state index contributed by atoms with van der Waals surface area (Å²) in [4.78, 5) is 37.2. The Kier molecular flexibility index (Phi) is 9.34. The van der Waals surface area contributed by atoms with E-state index in [1.807, 2.05) is 67.1 Å². The number of nitrogens with one attached hydrogen (secondary N) is 3. The minimum absolute atomic E-state index is 0.00747. The van der Waals surface area contributed by atoms with Gasteiger partial charge in [0, 0.05) is 24.2 Å². The first-order valence-electron chi connectivity index (χ1n) is 17.1. The zero-order chi connectivity index (χ0) is 39.5. The molecule has 0 spiro atoms. The molecule has 12 nitrogen and oxygen atoms in total. The number of aromatic nitrogens is 5. The summed E-state index contributed by atoms with van der Waals surface area (Å²) in [5.74, 6) is -1.32. The number of halogens is 6. The third kappa shape index (κ3) is 7.08. The average molecular weight is 784 g/mol. The maximum atomic E-state index is 15.0. The number of nitrogens with zero attached hydrogens (tertiary/aromatic N) is 6. The van der Waals surface area contributed by atoms with Crippen LogP contribution >= 0.6 is 11.6 Å². The molecule has 3 aromatic heterocycles. The van der Waals surface area contributed by atoms with Crippen LogP contribution in [0, 0.1) is 10.8 Å². The molecule has 1 saturated heterocycles. The fourth-order valence-electron chi connectivity index (χ4n) is 6.99. The van der Waals surface area contributed by atoms with Crippen molar-refractivity contribution >= 4 is 35.2 Å². The van der Waals surface area contributed by atoms with Crippen molar-refractivity contribution in [3.63, 3.8) is 0 Å². The molecule has 2 amide bonds. The van der Waals surface area contributed by atoms with Crippen LogP contribution in [0.25, 0.3) is 28.2 Å². The van der Waals surface area contributed by atoms with Gasteiger partial charge in [-0.15, -0.1) is 0 Å². The summed E-state index contributed by atoms with van der Waals surface area (Å²) in [6.07, 6.45) is -0.273. The highest BCUT2D eigenvalue weighted by Gasteiger charge is 2.64. The standard InChI is InChI=1S/C37H35ClF5N9O3/c1-34(2,3)19-36(24-7-4-21(5-8-24)22-10-14-50-15-13-45-28(50)17-22)30(53)51(32(44)48-36)27(18-55-33(54)49-35(11-12-35)37(41,42)43)23-6-9-26(38)25(16-23)29-46-20-47-52(29)31(39)40/h4-10,13-17,20,27,31H,11-12,18-19H2,1-3H3,(H2,44,48)(H,49,54)/t27-,36-/m1/s1. The molecule has 2 aliphatic rings. The molecule has 3 N–H and O–H groups in total. The Morgan fingerprint density at radius 2 is 1.76 bits per heavy atom. The van der Waals surface area contributed by atoms with Crippen LogP contribution in [0.3, 0.4) is 0 Å². The molecule has 5 aromatic rings. The molecule has 0 radical (unpaired) electrons. The van der Waals surface area contributed by atoms with E-state index in [0.29, 0.717) is 10.2 Å². The highest BCUT2D eigenvalue weighted by Crippen LogP contribution is 2.49. The highest BCUT2D eigenvalue weighted by atomic mass is 35.5. The summed E-state index contributed by atoms with van der Waals surface area (Å²) in [5.41, 5.74) is -1.33. The number of alkyl halides is 5. The van der Waals surface area contributed by atoms with E-state index in [0.717, 1.165) is 28.0 Å². The number of fused-ring (bicyclic) bond motifs is 1. The number of alkyl carbamates (subject to hydrolysis) is 1. The number of amides is 2. The van der Waals surface area contributed by atoms with E-state index in [1.54, 1.807) is 18.3 Å². The third-order valence-electron chi connectivity index (χ3n) is 9.75. The Morgan fingerprint density at radius 3 is 2.42 bits per heavy atom. The molecule has 0 bridgehead atoms. The molecular formula is C37H35ClF5N9O3. The molecular weight excluding hydrogens is 749 g/mol. The van der Waals surface area contributed by atoms with E-state index in [4.69, 9.17) is 21.7 Å². The molecule has 2 aromatic carbocycles. The molecule has 2 fully saturated rings. The number of pyridine rings is 1. The van der Waals surface area contributed by atoms with Crippen LogP contribution in [0.15, 0.2) is 79.5 Å². The van der Waals surface area contributed by atoms with Crippen LogP contribution in [0.5, 0.6) is 0 Å². The number of ether oxygens (including phenoxy) is 1. The van der Waals surface area contributed by atoms with Gasteiger partial charge in [0.25, 0.3) is 5.91 Å². The van der Waals surface area contributed by atoms with Crippen molar-refractivity contribution in [2.75, 3.05) is 6.61 Å². The molecule has 18 heteroatoms. The van der Waals surface area contributed by atoms with Gasteiger partial charge in [-0.25, -0.2) is 14.8 Å². The van der Waals surface area contributed by atoms with Crippen molar-refractivity contribution in [2.24, 2.45) is 5.41 Å². The maximum Gasteiger partial charge on any atom is 0.411 e. The number of guanidine groups is 1. The van der Waals surface area contributed by atoms with E-state index in [1.165, 1.54) is 18.2 Å². The molecule has 0 unspecified atom stereocenters. The normalized spacial score (nSPS) is 18.8. The van der Waals surface area contributed by atoms with Crippen molar-refractivity contribution in [3.8, 4) is 22.5 Å². The van der Waals surface area contributed by atoms with E-state index in [2.05, 4.69) is 20.4 Å². The van der Waals surface area contributed by atoms with Gasteiger partial charge in [-0.3, -0.25) is 15.1 Å². The summed E-state index contributed by atoms with van der Waals surface area (Å²) < 4.78 is 76.3. The zero-order valence-corrected chi connectivity index (χ0v) is 30.4. The molecule has 1 saturated carbocycles. The lowest BCUT2D eigenvalue weighted by atomic mass is 9.75. The predicted molar refractivity (Wildman–Crippen MR) is 191 cm³/mol. The summed E-state index contributed by atoms with van der Waals surface area (Å²) in [6.45, 7) is 1.97. The Morgan fingerprint density at radius 1 is 1.04 bits per heavy atom. The molecule has 55 heavy (non-hydrogen) atoms. The van der Waals surface area contributed by atoms with E-state index in [9.17, 15) is 31.5 Å². The number of rotatable bonds is 10.